The number of aromatic nitrogens is 3. The zero-order valence-electron chi connectivity index (χ0n) is 16.5. The highest BCUT2D eigenvalue weighted by atomic mass is 35.5. The van der Waals surface area contributed by atoms with E-state index in [0.717, 1.165) is 0 Å². The van der Waals surface area contributed by atoms with Crippen molar-refractivity contribution in [3.63, 3.8) is 0 Å². The van der Waals surface area contributed by atoms with E-state index in [-0.39, 0.29) is 33.5 Å². The molecule has 3 aromatic rings. The lowest BCUT2D eigenvalue weighted by Gasteiger charge is -2.11. The molecule has 0 saturated carbocycles. The molecule has 3 rings (SSSR count). The van der Waals surface area contributed by atoms with Gasteiger partial charge < -0.3 is 10.6 Å². The Balaban J connectivity index is 1.87. The summed E-state index contributed by atoms with van der Waals surface area (Å²) in [5.41, 5.74) is 0.0610. The zero-order valence-corrected chi connectivity index (χ0v) is 18.1. The third-order valence-electron chi connectivity index (χ3n) is 3.86. The van der Waals surface area contributed by atoms with E-state index in [4.69, 9.17) is 27.4 Å². The van der Waals surface area contributed by atoms with Crippen molar-refractivity contribution < 1.29 is 8.42 Å². The van der Waals surface area contributed by atoms with Crippen molar-refractivity contribution in [1.82, 2.24) is 15.0 Å². The van der Waals surface area contributed by atoms with Crippen LogP contribution in [0, 0.1) is 34.0 Å². The lowest BCUT2D eigenvalue weighted by molar-refractivity contribution is 0.601. The highest BCUT2D eigenvalue weighted by Gasteiger charge is 2.18. The maximum atomic E-state index is 12.9. The largest absolute Gasteiger partial charge is 0.345 e. The highest BCUT2D eigenvalue weighted by Crippen LogP contribution is 2.21. The number of nitriles is 3. The second-order valence-corrected chi connectivity index (χ2v) is 8.11. The summed E-state index contributed by atoms with van der Waals surface area (Å²) in [7, 11) is -4.17. The minimum Gasteiger partial charge on any atom is -0.345 e. The van der Waals surface area contributed by atoms with Crippen molar-refractivity contribution in [3.8, 4) is 18.2 Å². The highest BCUT2D eigenvalue weighted by molar-refractivity contribution is 7.92. The summed E-state index contributed by atoms with van der Waals surface area (Å²) in [4.78, 5) is 11.5. The normalized spacial score (nSPS) is 10.1. The van der Waals surface area contributed by atoms with Gasteiger partial charge >= 0.3 is 0 Å². The Bertz CT molecular complexity index is 1440. The van der Waals surface area contributed by atoms with Gasteiger partial charge in [0, 0.05) is 11.4 Å². The van der Waals surface area contributed by atoms with Gasteiger partial charge in [-0.1, -0.05) is 24.3 Å². The van der Waals surface area contributed by atoms with Gasteiger partial charge in [0.05, 0.1) is 4.90 Å². The number of anilines is 4. The molecule has 0 fully saturated rings. The number of allylic oxidation sites excluding steroid dienone is 2. The molecule has 33 heavy (non-hydrogen) atoms. The molecule has 0 aliphatic carbocycles. The van der Waals surface area contributed by atoms with Crippen LogP contribution < -0.4 is 15.4 Å². The molecule has 3 N–H and O–H groups in total. The van der Waals surface area contributed by atoms with E-state index in [1.807, 2.05) is 6.07 Å². The minimum atomic E-state index is -4.17. The number of para-hydroxylation sites is 1. The van der Waals surface area contributed by atoms with Crippen LogP contribution in [-0.2, 0) is 10.0 Å². The topological polar surface area (TPSA) is 180 Å². The van der Waals surface area contributed by atoms with Crippen molar-refractivity contribution in [2.45, 2.75) is 4.90 Å². The summed E-state index contributed by atoms with van der Waals surface area (Å²) >= 11 is 5.91. The molecular weight excluding hydrogens is 466 g/mol. The monoisotopic (exact) mass is 477 g/mol. The number of hydrogen-bond acceptors (Lipinski definition) is 10. The Labute approximate surface area is 193 Å². The standard InChI is InChI=1S/C20H12ClN9O2S/c21-18-27-19(26-14-5-2-1-3-6-14)29-20(28-18)30-33(31,32)16-8-4-7-15(9-16)25-17(12-24)13(10-22)11-23/h1-9,25H,(H2,26,27,28,29,30). The van der Waals surface area contributed by atoms with Crippen LogP contribution in [0.5, 0.6) is 0 Å². The van der Waals surface area contributed by atoms with E-state index in [0.29, 0.717) is 5.69 Å². The average Bonchev–Trinajstić information content (AvgIpc) is 2.79. The number of hydrogen-bond donors (Lipinski definition) is 3. The number of sulfonamides is 1. The number of benzene rings is 2. The molecule has 162 valence electrons. The maximum Gasteiger partial charge on any atom is 0.264 e. The number of rotatable bonds is 7. The fourth-order valence-corrected chi connectivity index (χ4v) is 3.60. The molecule has 0 saturated heterocycles. The molecule has 0 amide bonds. The fraction of sp³-hybridized carbons (Fsp3) is 0. The summed E-state index contributed by atoms with van der Waals surface area (Å²) in [6.45, 7) is 0. The van der Waals surface area contributed by atoms with Crippen LogP contribution in [0.25, 0.3) is 0 Å². The van der Waals surface area contributed by atoms with Gasteiger partial charge in [0.2, 0.25) is 17.2 Å². The molecular formula is C20H12ClN9O2S. The van der Waals surface area contributed by atoms with E-state index in [9.17, 15) is 8.42 Å². The van der Waals surface area contributed by atoms with E-state index >= 15 is 0 Å². The van der Waals surface area contributed by atoms with Gasteiger partial charge in [-0.05, 0) is 41.9 Å². The first kappa shape index (κ1) is 23.0. The van der Waals surface area contributed by atoms with Crippen LogP contribution in [0.3, 0.4) is 0 Å². The van der Waals surface area contributed by atoms with Crippen molar-refractivity contribution in [1.29, 1.82) is 15.8 Å². The summed E-state index contributed by atoms with van der Waals surface area (Å²) in [6, 6.07) is 19.2. The van der Waals surface area contributed by atoms with Gasteiger partial charge in [-0.2, -0.15) is 30.7 Å². The Kier molecular flexibility index (Phi) is 7.01. The van der Waals surface area contributed by atoms with E-state index in [2.05, 4.69) is 30.3 Å². The molecule has 0 aliphatic heterocycles. The predicted octanol–water partition coefficient (Wildman–Crippen LogP) is 3.31. The summed E-state index contributed by atoms with van der Waals surface area (Å²) in [6.07, 6.45) is 0. The molecule has 0 radical (unpaired) electrons. The molecule has 1 aromatic heterocycles. The molecule has 0 atom stereocenters. The number of nitrogens with one attached hydrogen (secondary N) is 3. The number of halogens is 1. The second kappa shape index (κ2) is 10.1. The van der Waals surface area contributed by atoms with Gasteiger partial charge in [-0.3, -0.25) is 0 Å². The first-order valence-electron chi connectivity index (χ1n) is 8.93. The third kappa shape index (κ3) is 5.93. The smallest absolute Gasteiger partial charge is 0.264 e. The van der Waals surface area contributed by atoms with Crippen molar-refractivity contribution in [3.05, 3.63) is 71.2 Å². The van der Waals surface area contributed by atoms with Crippen molar-refractivity contribution in [2.24, 2.45) is 0 Å². The van der Waals surface area contributed by atoms with Crippen molar-refractivity contribution in [2.75, 3.05) is 15.4 Å². The quantitative estimate of drug-likeness (QED) is 0.427. The molecule has 1 heterocycles. The van der Waals surface area contributed by atoms with E-state index in [1.165, 1.54) is 24.3 Å². The SMILES string of the molecule is N#CC(C#N)=C(C#N)Nc1cccc(S(=O)(=O)Nc2nc(Cl)nc(Nc3ccccc3)n2)c1. The van der Waals surface area contributed by atoms with Crippen LogP contribution >= 0.6 is 11.6 Å². The zero-order chi connectivity index (χ0) is 23.8. The van der Waals surface area contributed by atoms with Gasteiger partial charge in [-0.25, -0.2) is 13.1 Å². The molecule has 11 nitrogen and oxygen atoms in total. The maximum absolute atomic E-state index is 12.9. The van der Waals surface area contributed by atoms with Crippen LogP contribution in [0.1, 0.15) is 0 Å². The Morgan fingerprint density at radius 1 is 0.848 bits per heavy atom. The lowest BCUT2D eigenvalue weighted by atomic mass is 10.2. The summed E-state index contributed by atoms with van der Waals surface area (Å²) < 4.78 is 27.9. The van der Waals surface area contributed by atoms with Crippen LogP contribution in [0.2, 0.25) is 5.28 Å². The Hall–Kier alpha value is -4.70. The minimum absolute atomic E-state index is 0.0265. The van der Waals surface area contributed by atoms with Gasteiger partial charge in [0.25, 0.3) is 10.0 Å². The average molecular weight is 478 g/mol. The first-order valence-corrected chi connectivity index (χ1v) is 10.8. The van der Waals surface area contributed by atoms with E-state index < -0.39 is 15.6 Å². The van der Waals surface area contributed by atoms with Gasteiger partial charge in [0.15, 0.2) is 5.57 Å². The van der Waals surface area contributed by atoms with Crippen molar-refractivity contribution >= 4 is 44.9 Å². The van der Waals surface area contributed by atoms with Crippen LogP contribution in [-0.4, -0.2) is 23.4 Å². The molecule has 0 spiro atoms. The summed E-state index contributed by atoms with van der Waals surface area (Å²) in [5.74, 6) is -0.292. The van der Waals surface area contributed by atoms with Crippen LogP contribution in [0.15, 0.2) is 70.8 Å². The molecule has 0 bridgehead atoms. The fourth-order valence-electron chi connectivity index (χ4n) is 2.45. The van der Waals surface area contributed by atoms with Gasteiger partial charge in [-0.15, -0.1) is 0 Å². The number of nitrogens with zero attached hydrogens (tertiary/aromatic N) is 6. The third-order valence-corrected chi connectivity index (χ3v) is 5.36. The van der Waals surface area contributed by atoms with E-state index in [1.54, 1.807) is 42.5 Å². The summed E-state index contributed by atoms with van der Waals surface area (Å²) in [5, 5.41) is 32.2. The Morgan fingerprint density at radius 3 is 2.18 bits per heavy atom. The lowest BCUT2D eigenvalue weighted by Crippen LogP contribution is -2.16. The molecule has 0 unspecified atom stereocenters. The molecule has 13 heteroatoms. The Morgan fingerprint density at radius 2 is 1.52 bits per heavy atom. The van der Waals surface area contributed by atoms with Crippen LogP contribution in [0.4, 0.5) is 23.3 Å². The molecule has 0 aliphatic rings. The predicted molar refractivity (Wildman–Crippen MR) is 119 cm³/mol. The second-order valence-electron chi connectivity index (χ2n) is 6.09. The first-order chi connectivity index (χ1) is 15.8. The van der Waals surface area contributed by atoms with Gasteiger partial charge in [0.1, 0.15) is 23.9 Å². The molecule has 2 aromatic carbocycles.